The fraction of sp³-hybridized carbons (Fsp3) is 0.533. The second-order valence-electron chi connectivity index (χ2n) is 4.87. The average Bonchev–Trinajstić information content (AvgIpc) is 2.46. The van der Waals surface area contributed by atoms with E-state index in [9.17, 15) is 4.79 Å². The maximum Gasteiger partial charge on any atom is 0.251 e. The minimum Gasteiger partial charge on any atom is -0.382 e. The van der Waals surface area contributed by atoms with Crippen molar-refractivity contribution in [3.63, 3.8) is 0 Å². The smallest absolute Gasteiger partial charge is 0.251 e. The molecule has 104 valence electrons. The van der Waals surface area contributed by atoms with Crippen molar-refractivity contribution in [2.45, 2.75) is 32.2 Å². The Balaban J connectivity index is 1.95. The molecule has 0 radical (unpaired) electrons. The Bertz CT molecular complexity index is 416. The summed E-state index contributed by atoms with van der Waals surface area (Å²) in [4.78, 5) is 11.9. The summed E-state index contributed by atoms with van der Waals surface area (Å²) >= 11 is 2.02. The van der Waals surface area contributed by atoms with Crippen molar-refractivity contribution >= 4 is 23.4 Å². The predicted molar refractivity (Wildman–Crippen MR) is 83.0 cm³/mol. The molecule has 19 heavy (non-hydrogen) atoms. The maximum absolute atomic E-state index is 11.9. The van der Waals surface area contributed by atoms with Gasteiger partial charge in [-0.05, 0) is 49.0 Å². The number of anilines is 1. The van der Waals surface area contributed by atoms with Crippen molar-refractivity contribution in [2.24, 2.45) is 0 Å². The number of rotatable bonds is 5. The van der Waals surface area contributed by atoms with Crippen LogP contribution in [0.5, 0.6) is 0 Å². The van der Waals surface area contributed by atoms with Gasteiger partial charge in [0.2, 0.25) is 0 Å². The highest BCUT2D eigenvalue weighted by Gasteiger charge is 2.13. The summed E-state index contributed by atoms with van der Waals surface area (Å²) in [6.45, 7) is 2.79. The number of hydrogen-bond acceptors (Lipinski definition) is 3. The number of amides is 1. The molecule has 0 bridgehead atoms. The third-order valence-electron chi connectivity index (χ3n) is 3.25. The number of carbonyl (C=O) groups is 1. The van der Waals surface area contributed by atoms with Crippen molar-refractivity contribution in [1.29, 1.82) is 0 Å². The second-order valence-corrected chi connectivity index (χ2v) is 6.09. The molecule has 3 nitrogen and oxygen atoms in total. The van der Waals surface area contributed by atoms with E-state index in [1.807, 2.05) is 36.0 Å². The van der Waals surface area contributed by atoms with Gasteiger partial charge in [0.05, 0.1) is 0 Å². The summed E-state index contributed by atoms with van der Waals surface area (Å²) in [7, 11) is 0. The Morgan fingerprint density at radius 3 is 2.89 bits per heavy atom. The molecule has 0 unspecified atom stereocenters. The molecule has 1 aliphatic rings. The first-order chi connectivity index (χ1) is 9.29. The van der Waals surface area contributed by atoms with Crippen LogP contribution in [-0.4, -0.2) is 30.0 Å². The van der Waals surface area contributed by atoms with E-state index in [4.69, 9.17) is 0 Å². The van der Waals surface area contributed by atoms with Crippen molar-refractivity contribution in [3.8, 4) is 0 Å². The third-order valence-corrected chi connectivity index (χ3v) is 4.30. The molecule has 0 spiro atoms. The predicted octanol–water partition coefficient (Wildman–Crippen LogP) is 3.13. The number of carbonyl (C=O) groups excluding carboxylic acids is 1. The van der Waals surface area contributed by atoms with Crippen LogP contribution in [0.3, 0.4) is 0 Å². The molecule has 1 aliphatic heterocycles. The molecular formula is C15H22N2OS. The largest absolute Gasteiger partial charge is 0.382 e. The van der Waals surface area contributed by atoms with Crippen LogP contribution in [0.4, 0.5) is 5.69 Å². The topological polar surface area (TPSA) is 41.1 Å². The van der Waals surface area contributed by atoms with E-state index < -0.39 is 0 Å². The standard InChI is InChI=1S/C15H22N2OS/c1-2-8-16-15(18)12-4-3-5-14(11-12)17-13-6-9-19-10-7-13/h3-5,11,13,17H,2,6-10H2,1H3,(H,16,18). The zero-order chi connectivity index (χ0) is 13.5. The van der Waals surface area contributed by atoms with Crippen LogP contribution in [0.1, 0.15) is 36.5 Å². The van der Waals surface area contributed by atoms with Gasteiger partial charge in [0.15, 0.2) is 0 Å². The third kappa shape index (κ3) is 4.46. The van der Waals surface area contributed by atoms with Gasteiger partial charge in [-0.1, -0.05) is 13.0 Å². The van der Waals surface area contributed by atoms with Gasteiger partial charge in [0.25, 0.3) is 5.91 Å². The van der Waals surface area contributed by atoms with E-state index in [-0.39, 0.29) is 5.91 Å². The molecule has 2 rings (SSSR count). The molecule has 1 aromatic rings. The minimum atomic E-state index is 0.0182. The highest BCUT2D eigenvalue weighted by Crippen LogP contribution is 2.21. The maximum atomic E-state index is 11.9. The molecule has 0 atom stereocenters. The van der Waals surface area contributed by atoms with Gasteiger partial charge in [-0.3, -0.25) is 4.79 Å². The van der Waals surface area contributed by atoms with Crippen molar-refractivity contribution in [3.05, 3.63) is 29.8 Å². The number of hydrogen-bond donors (Lipinski definition) is 2. The van der Waals surface area contributed by atoms with Crippen LogP contribution in [0.25, 0.3) is 0 Å². The Kier molecular flexibility index (Phi) is 5.58. The Morgan fingerprint density at radius 2 is 2.16 bits per heavy atom. The van der Waals surface area contributed by atoms with Crippen LogP contribution in [-0.2, 0) is 0 Å². The van der Waals surface area contributed by atoms with E-state index in [1.165, 1.54) is 24.3 Å². The first-order valence-electron chi connectivity index (χ1n) is 7.02. The first-order valence-corrected chi connectivity index (χ1v) is 8.17. The van der Waals surface area contributed by atoms with Crippen LogP contribution in [0.15, 0.2) is 24.3 Å². The van der Waals surface area contributed by atoms with Gasteiger partial charge in [0.1, 0.15) is 0 Å². The van der Waals surface area contributed by atoms with Crippen LogP contribution >= 0.6 is 11.8 Å². The number of thioether (sulfide) groups is 1. The first kappa shape index (κ1) is 14.3. The van der Waals surface area contributed by atoms with E-state index in [0.29, 0.717) is 6.04 Å². The summed E-state index contributed by atoms with van der Waals surface area (Å²) in [5, 5.41) is 6.45. The minimum absolute atomic E-state index is 0.0182. The summed E-state index contributed by atoms with van der Waals surface area (Å²) < 4.78 is 0. The molecule has 1 heterocycles. The monoisotopic (exact) mass is 278 g/mol. The SMILES string of the molecule is CCCNC(=O)c1cccc(NC2CCSCC2)c1. The van der Waals surface area contributed by atoms with Crippen LogP contribution in [0, 0.1) is 0 Å². The van der Waals surface area contributed by atoms with Gasteiger partial charge in [-0.2, -0.15) is 11.8 Å². The van der Waals surface area contributed by atoms with E-state index in [1.54, 1.807) is 0 Å². The van der Waals surface area contributed by atoms with E-state index in [0.717, 1.165) is 24.2 Å². The van der Waals surface area contributed by atoms with E-state index >= 15 is 0 Å². The van der Waals surface area contributed by atoms with Gasteiger partial charge >= 0.3 is 0 Å². The zero-order valence-electron chi connectivity index (χ0n) is 11.4. The lowest BCUT2D eigenvalue weighted by molar-refractivity contribution is 0.0953. The van der Waals surface area contributed by atoms with Crippen LogP contribution in [0.2, 0.25) is 0 Å². The van der Waals surface area contributed by atoms with Crippen LogP contribution < -0.4 is 10.6 Å². The lowest BCUT2D eigenvalue weighted by atomic mass is 10.1. The van der Waals surface area contributed by atoms with E-state index in [2.05, 4.69) is 17.6 Å². The zero-order valence-corrected chi connectivity index (χ0v) is 12.3. The summed E-state index contributed by atoms with van der Waals surface area (Å²) in [5.74, 6) is 2.48. The average molecular weight is 278 g/mol. The molecule has 2 N–H and O–H groups in total. The Labute approximate surface area is 119 Å². The second kappa shape index (κ2) is 7.43. The highest BCUT2D eigenvalue weighted by molar-refractivity contribution is 7.99. The van der Waals surface area contributed by atoms with Gasteiger partial charge in [-0.25, -0.2) is 0 Å². The summed E-state index contributed by atoms with van der Waals surface area (Å²) in [5.41, 5.74) is 1.80. The molecule has 0 saturated carbocycles. The molecular weight excluding hydrogens is 256 g/mol. The molecule has 1 fully saturated rings. The molecule has 1 saturated heterocycles. The fourth-order valence-corrected chi connectivity index (χ4v) is 3.27. The fourth-order valence-electron chi connectivity index (χ4n) is 2.17. The summed E-state index contributed by atoms with van der Waals surface area (Å²) in [6.07, 6.45) is 3.37. The Hall–Kier alpha value is -1.16. The molecule has 1 amide bonds. The van der Waals surface area contributed by atoms with Crippen molar-refractivity contribution in [2.75, 3.05) is 23.4 Å². The highest BCUT2D eigenvalue weighted by atomic mass is 32.2. The van der Waals surface area contributed by atoms with Gasteiger partial charge in [0, 0.05) is 23.8 Å². The van der Waals surface area contributed by atoms with Gasteiger partial charge in [-0.15, -0.1) is 0 Å². The number of benzene rings is 1. The van der Waals surface area contributed by atoms with Crippen molar-refractivity contribution in [1.82, 2.24) is 5.32 Å². The molecule has 4 heteroatoms. The number of nitrogens with one attached hydrogen (secondary N) is 2. The molecule has 0 aromatic heterocycles. The quantitative estimate of drug-likeness (QED) is 0.869. The van der Waals surface area contributed by atoms with Crippen molar-refractivity contribution < 1.29 is 4.79 Å². The molecule has 0 aliphatic carbocycles. The normalized spacial score (nSPS) is 16.1. The van der Waals surface area contributed by atoms with Gasteiger partial charge < -0.3 is 10.6 Å². The summed E-state index contributed by atoms with van der Waals surface area (Å²) in [6, 6.07) is 8.36. The Morgan fingerprint density at radius 1 is 1.37 bits per heavy atom. The lowest BCUT2D eigenvalue weighted by Gasteiger charge is -2.23. The molecule has 1 aromatic carbocycles. The lowest BCUT2D eigenvalue weighted by Crippen LogP contribution is -2.26.